The lowest BCUT2D eigenvalue weighted by Gasteiger charge is -1.99. The highest BCUT2D eigenvalue weighted by atomic mass is 16.4. The molecule has 1 heterocycles. The topological polar surface area (TPSA) is 45.0 Å². The van der Waals surface area contributed by atoms with Crippen LogP contribution in [0.3, 0.4) is 0 Å². The van der Waals surface area contributed by atoms with Gasteiger partial charge in [-0.25, -0.2) is 0 Å². The smallest absolute Gasteiger partial charge is 0.101 e. The van der Waals surface area contributed by atoms with Gasteiger partial charge in [0.15, 0.2) is 0 Å². The van der Waals surface area contributed by atoms with E-state index < -0.39 is 0 Å². The highest BCUT2D eigenvalue weighted by Crippen LogP contribution is 1.93. The fourth-order valence-electron chi connectivity index (χ4n) is 0.593. The van der Waals surface area contributed by atoms with Crippen LogP contribution in [-0.4, -0.2) is 23.2 Å². The van der Waals surface area contributed by atoms with Crippen LogP contribution in [0.25, 0.3) is 0 Å². The third kappa shape index (κ3) is 1.38. The van der Waals surface area contributed by atoms with E-state index in [0.717, 1.165) is 5.71 Å². The Labute approximate surface area is 53.4 Å². The van der Waals surface area contributed by atoms with Gasteiger partial charge in [0.25, 0.3) is 0 Å². The largest absolute Gasteiger partial charge is 0.411 e. The van der Waals surface area contributed by atoms with Gasteiger partial charge in [-0.2, -0.15) is 0 Å². The molecule has 9 heavy (non-hydrogen) atoms. The summed E-state index contributed by atoms with van der Waals surface area (Å²) in [5, 5.41) is 11.2. The minimum atomic E-state index is 0.499. The average molecular weight is 124 g/mol. The van der Waals surface area contributed by atoms with Crippen LogP contribution >= 0.6 is 0 Å². The quantitative estimate of drug-likeness (QED) is 0.377. The number of allylic oxidation sites excluding steroid dienone is 1. The van der Waals surface area contributed by atoms with Gasteiger partial charge in [0.2, 0.25) is 0 Å². The lowest BCUT2D eigenvalue weighted by Crippen LogP contribution is -2.06. The molecule has 0 spiro atoms. The molecular formula is C6H8N2O. The molecular weight excluding hydrogens is 116 g/mol. The van der Waals surface area contributed by atoms with Gasteiger partial charge in [-0.15, -0.1) is 0 Å². The fraction of sp³-hybridized carbons (Fsp3) is 0.333. The van der Waals surface area contributed by atoms with E-state index in [-0.39, 0.29) is 0 Å². The lowest BCUT2D eigenvalue weighted by atomic mass is 10.2. The first-order valence-electron chi connectivity index (χ1n) is 2.73. The molecule has 0 amide bonds. The minimum absolute atomic E-state index is 0.499. The molecule has 1 aliphatic rings. The molecule has 0 unspecified atom stereocenters. The van der Waals surface area contributed by atoms with Crippen LogP contribution in [-0.2, 0) is 0 Å². The number of hydrogen-bond acceptors (Lipinski definition) is 3. The molecule has 3 heteroatoms. The number of nitrogens with zero attached hydrogens (tertiary/aromatic N) is 2. The van der Waals surface area contributed by atoms with Gasteiger partial charge >= 0.3 is 0 Å². The number of hydrogen-bond donors (Lipinski definition) is 1. The van der Waals surface area contributed by atoms with Crippen LogP contribution in [0.1, 0.15) is 6.92 Å². The van der Waals surface area contributed by atoms with Gasteiger partial charge < -0.3 is 5.21 Å². The molecule has 0 aromatic carbocycles. The fourth-order valence-corrected chi connectivity index (χ4v) is 0.593. The summed E-state index contributed by atoms with van der Waals surface area (Å²) >= 11 is 0. The zero-order chi connectivity index (χ0) is 6.69. The number of oxime groups is 1. The molecule has 0 aromatic rings. The van der Waals surface area contributed by atoms with Crippen LogP contribution < -0.4 is 0 Å². The van der Waals surface area contributed by atoms with Crippen molar-refractivity contribution in [2.75, 3.05) is 6.54 Å². The summed E-state index contributed by atoms with van der Waals surface area (Å²) in [6, 6.07) is 0. The maximum atomic E-state index is 8.24. The number of dihydropyridines is 1. The van der Waals surface area contributed by atoms with E-state index in [0.29, 0.717) is 12.3 Å². The summed E-state index contributed by atoms with van der Waals surface area (Å²) in [6.45, 7) is 2.41. The second-order valence-corrected chi connectivity index (χ2v) is 1.88. The summed E-state index contributed by atoms with van der Waals surface area (Å²) in [5.41, 5.74) is 1.59. The zero-order valence-corrected chi connectivity index (χ0v) is 5.20. The first kappa shape index (κ1) is 6.01. The molecule has 1 rings (SSSR count). The molecule has 0 bridgehead atoms. The average Bonchev–Trinajstić information content (AvgIpc) is 1.90. The molecule has 0 aliphatic carbocycles. The summed E-state index contributed by atoms with van der Waals surface area (Å²) in [5.74, 6) is 0. The van der Waals surface area contributed by atoms with Crippen molar-refractivity contribution in [2.24, 2.45) is 10.1 Å². The Hall–Kier alpha value is -1.12. The summed E-state index contributed by atoms with van der Waals surface area (Å²) in [7, 11) is 0. The third-order valence-electron chi connectivity index (χ3n) is 1.14. The van der Waals surface area contributed by atoms with Crippen molar-refractivity contribution in [3.8, 4) is 0 Å². The molecule has 3 nitrogen and oxygen atoms in total. The monoisotopic (exact) mass is 124 g/mol. The van der Waals surface area contributed by atoms with Crippen molar-refractivity contribution in [1.82, 2.24) is 0 Å². The van der Waals surface area contributed by atoms with E-state index in [1.807, 2.05) is 13.0 Å². The maximum Gasteiger partial charge on any atom is 0.101 e. The van der Waals surface area contributed by atoms with E-state index in [1.54, 1.807) is 6.08 Å². The van der Waals surface area contributed by atoms with Gasteiger partial charge in [0.1, 0.15) is 5.71 Å². The molecule has 0 atom stereocenters. The Kier molecular flexibility index (Phi) is 1.63. The predicted molar refractivity (Wildman–Crippen MR) is 36.3 cm³/mol. The molecule has 0 saturated carbocycles. The van der Waals surface area contributed by atoms with Crippen LogP contribution in [0, 0.1) is 0 Å². The van der Waals surface area contributed by atoms with Crippen molar-refractivity contribution in [3.63, 3.8) is 0 Å². The van der Waals surface area contributed by atoms with E-state index in [2.05, 4.69) is 10.1 Å². The van der Waals surface area contributed by atoms with Crippen LogP contribution in [0.5, 0.6) is 0 Å². The maximum absolute atomic E-state index is 8.24. The SMILES string of the molecule is CC1=NCC(=NO)C=C1. The van der Waals surface area contributed by atoms with Gasteiger partial charge in [-0.3, -0.25) is 4.99 Å². The molecule has 0 fully saturated rings. The standard InChI is InChI=1S/C6H8N2O/c1-5-2-3-6(8-9)4-7-5/h2-3,9H,4H2,1H3. The van der Waals surface area contributed by atoms with Crippen molar-refractivity contribution in [2.45, 2.75) is 6.92 Å². The first-order valence-corrected chi connectivity index (χ1v) is 2.73. The van der Waals surface area contributed by atoms with E-state index in [1.165, 1.54) is 0 Å². The summed E-state index contributed by atoms with van der Waals surface area (Å²) < 4.78 is 0. The van der Waals surface area contributed by atoms with Crippen molar-refractivity contribution in [3.05, 3.63) is 12.2 Å². The second-order valence-electron chi connectivity index (χ2n) is 1.88. The van der Waals surface area contributed by atoms with Gasteiger partial charge in [-0.1, -0.05) is 5.16 Å². The lowest BCUT2D eigenvalue weighted by molar-refractivity contribution is 0.319. The zero-order valence-electron chi connectivity index (χ0n) is 5.20. The summed E-state index contributed by atoms with van der Waals surface area (Å²) in [6.07, 6.45) is 3.57. The van der Waals surface area contributed by atoms with Gasteiger partial charge in [0, 0.05) is 5.71 Å². The Morgan fingerprint density at radius 1 is 1.67 bits per heavy atom. The highest BCUT2D eigenvalue weighted by Gasteiger charge is 1.98. The van der Waals surface area contributed by atoms with Crippen molar-refractivity contribution in [1.29, 1.82) is 0 Å². The van der Waals surface area contributed by atoms with Crippen LogP contribution in [0.2, 0.25) is 0 Å². The Morgan fingerprint density at radius 2 is 2.44 bits per heavy atom. The predicted octanol–water partition coefficient (Wildman–Crippen LogP) is 0.847. The van der Waals surface area contributed by atoms with E-state index in [9.17, 15) is 0 Å². The minimum Gasteiger partial charge on any atom is -0.411 e. The van der Waals surface area contributed by atoms with Gasteiger partial charge in [0.05, 0.1) is 6.54 Å². The number of rotatable bonds is 0. The van der Waals surface area contributed by atoms with E-state index in [4.69, 9.17) is 5.21 Å². The van der Waals surface area contributed by atoms with Crippen molar-refractivity contribution >= 4 is 11.4 Å². The molecule has 1 N–H and O–H groups in total. The Bertz CT molecular complexity index is 191. The Morgan fingerprint density at radius 3 is 2.89 bits per heavy atom. The first-order chi connectivity index (χ1) is 4.33. The van der Waals surface area contributed by atoms with Crippen molar-refractivity contribution < 1.29 is 5.21 Å². The molecule has 0 radical (unpaired) electrons. The molecule has 0 saturated heterocycles. The molecule has 0 aromatic heterocycles. The second kappa shape index (κ2) is 2.44. The Balaban J connectivity index is 2.70. The highest BCUT2D eigenvalue weighted by molar-refractivity contribution is 6.07. The normalized spacial score (nSPS) is 22.3. The molecule has 1 aliphatic heterocycles. The van der Waals surface area contributed by atoms with Crippen LogP contribution in [0.4, 0.5) is 0 Å². The van der Waals surface area contributed by atoms with E-state index >= 15 is 0 Å². The molecule has 48 valence electrons. The number of aliphatic imine (C=N–C) groups is 1. The van der Waals surface area contributed by atoms with Crippen LogP contribution in [0.15, 0.2) is 22.3 Å². The third-order valence-corrected chi connectivity index (χ3v) is 1.14. The summed E-state index contributed by atoms with van der Waals surface area (Å²) in [4.78, 5) is 4.02. The van der Waals surface area contributed by atoms with Gasteiger partial charge in [-0.05, 0) is 19.1 Å².